The van der Waals surface area contributed by atoms with E-state index in [2.05, 4.69) is 121 Å². The van der Waals surface area contributed by atoms with Crippen molar-refractivity contribution in [3.05, 3.63) is 134 Å². The van der Waals surface area contributed by atoms with Crippen LogP contribution in [0.4, 0.5) is 0 Å². The minimum Gasteiger partial charge on any atom is -0.460 e. The van der Waals surface area contributed by atoms with Crippen LogP contribution in [-0.2, 0) is 0 Å². The van der Waals surface area contributed by atoms with Crippen LogP contribution in [0.2, 0.25) is 0 Å². The summed E-state index contributed by atoms with van der Waals surface area (Å²) in [6, 6.07) is 46.1. The van der Waals surface area contributed by atoms with Crippen molar-refractivity contribution >= 4 is 86.0 Å². The fraction of sp³-hybridized carbons (Fsp3) is 0. The molecule has 0 aliphatic carbocycles. The lowest BCUT2D eigenvalue weighted by atomic mass is 9.85. The van der Waals surface area contributed by atoms with E-state index in [4.69, 9.17) is 8.83 Å². The lowest BCUT2D eigenvalue weighted by molar-refractivity contribution is 0.600. The summed E-state index contributed by atoms with van der Waals surface area (Å²) >= 11 is 1.87. The molecule has 43 heavy (non-hydrogen) atoms. The molecule has 3 heteroatoms. The predicted molar refractivity (Wildman–Crippen MR) is 182 cm³/mol. The highest BCUT2D eigenvalue weighted by molar-refractivity contribution is 7.25. The lowest BCUT2D eigenvalue weighted by Crippen LogP contribution is -1.91. The van der Waals surface area contributed by atoms with E-state index < -0.39 is 0 Å². The van der Waals surface area contributed by atoms with Gasteiger partial charge in [-0.15, -0.1) is 11.3 Å². The van der Waals surface area contributed by atoms with Gasteiger partial charge >= 0.3 is 0 Å². The third-order valence-corrected chi connectivity index (χ3v) is 10.1. The monoisotopic (exact) mass is 566 g/mol. The molecule has 10 rings (SSSR count). The highest BCUT2D eigenvalue weighted by Gasteiger charge is 2.20. The molecule has 3 aromatic heterocycles. The van der Waals surface area contributed by atoms with Gasteiger partial charge in [0.05, 0.1) is 6.26 Å². The first-order valence-electron chi connectivity index (χ1n) is 14.5. The average Bonchev–Trinajstić information content (AvgIpc) is 3.78. The van der Waals surface area contributed by atoms with Crippen LogP contribution < -0.4 is 0 Å². The van der Waals surface area contributed by atoms with Crippen LogP contribution in [0.25, 0.3) is 96.9 Å². The maximum absolute atomic E-state index is 6.34. The second kappa shape index (κ2) is 8.57. The molecule has 0 N–H and O–H groups in total. The standard InChI is InChI=1S/C40H22O2S/c1-3-10-27-25(8-1)36(24-17-19-33-32(22-24)29-18-16-23-20-21-41-39(23)40(29)42-33)26-9-2-4-11-28(26)37(27)31-13-7-15-35-38(31)30-12-5-6-14-34(30)43-35/h1-22H. The van der Waals surface area contributed by atoms with Gasteiger partial charge in [-0.05, 0) is 80.2 Å². The summed E-state index contributed by atoms with van der Waals surface area (Å²) in [6.45, 7) is 0. The van der Waals surface area contributed by atoms with Crippen LogP contribution in [0.15, 0.2) is 142 Å². The molecule has 0 saturated carbocycles. The Kier molecular flexibility index (Phi) is 4.63. The van der Waals surface area contributed by atoms with E-state index in [1.807, 2.05) is 17.4 Å². The molecular weight excluding hydrogens is 545 g/mol. The summed E-state index contributed by atoms with van der Waals surface area (Å²) in [5.41, 5.74) is 7.46. The first-order valence-corrected chi connectivity index (χ1v) is 15.3. The van der Waals surface area contributed by atoms with Crippen molar-refractivity contribution in [2.75, 3.05) is 0 Å². The summed E-state index contributed by atoms with van der Waals surface area (Å²) in [5, 5.41) is 10.9. The fourth-order valence-corrected chi connectivity index (χ4v) is 8.26. The topological polar surface area (TPSA) is 26.3 Å². The van der Waals surface area contributed by atoms with Crippen molar-refractivity contribution in [3.8, 4) is 22.3 Å². The normalized spacial score (nSPS) is 12.2. The third-order valence-electron chi connectivity index (χ3n) is 8.95. The van der Waals surface area contributed by atoms with E-state index in [9.17, 15) is 0 Å². The fourth-order valence-electron chi connectivity index (χ4n) is 7.13. The van der Waals surface area contributed by atoms with Crippen LogP contribution >= 0.6 is 11.3 Å². The molecule has 0 aliphatic heterocycles. The van der Waals surface area contributed by atoms with Crippen molar-refractivity contribution in [1.82, 2.24) is 0 Å². The number of furan rings is 2. The number of fused-ring (bicyclic) bond motifs is 10. The summed E-state index contributed by atoms with van der Waals surface area (Å²) in [6.07, 6.45) is 1.72. The molecule has 0 saturated heterocycles. The van der Waals surface area contributed by atoms with Gasteiger partial charge in [0.15, 0.2) is 11.2 Å². The Morgan fingerprint density at radius 1 is 0.465 bits per heavy atom. The maximum atomic E-state index is 6.34. The Hall–Kier alpha value is -5.38. The van der Waals surface area contributed by atoms with E-state index in [0.29, 0.717) is 0 Å². The van der Waals surface area contributed by atoms with E-state index in [1.165, 1.54) is 64.0 Å². The average molecular weight is 567 g/mol. The zero-order chi connectivity index (χ0) is 28.1. The Morgan fingerprint density at radius 3 is 1.95 bits per heavy atom. The van der Waals surface area contributed by atoms with Gasteiger partial charge < -0.3 is 8.83 Å². The molecule has 0 amide bonds. The Morgan fingerprint density at radius 2 is 1.16 bits per heavy atom. The molecule has 3 heterocycles. The molecule has 0 atom stereocenters. The molecule has 0 radical (unpaired) electrons. The van der Waals surface area contributed by atoms with E-state index in [1.54, 1.807) is 6.26 Å². The van der Waals surface area contributed by atoms with Gasteiger partial charge in [0.1, 0.15) is 5.58 Å². The van der Waals surface area contributed by atoms with Crippen molar-refractivity contribution < 1.29 is 8.83 Å². The number of hydrogen-bond donors (Lipinski definition) is 0. The molecule has 200 valence electrons. The van der Waals surface area contributed by atoms with E-state index in [-0.39, 0.29) is 0 Å². The first-order chi connectivity index (χ1) is 21.3. The van der Waals surface area contributed by atoms with Crippen molar-refractivity contribution in [3.63, 3.8) is 0 Å². The van der Waals surface area contributed by atoms with Crippen LogP contribution in [-0.4, -0.2) is 0 Å². The van der Waals surface area contributed by atoms with E-state index >= 15 is 0 Å². The van der Waals surface area contributed by atoms with Gasteiger partial charge in [-0.25, -0.2) is 0 Å². The van der Waals surface area contributed by atoms with Gasteiger partial charge in [-0.2, -0.15) is 0 Å². The Balaban J connectivity index is 1.33. The van der Waals surface area contributed by atoms with Gasteiger partial charge in [0, 0.05) is 36.3 Å². The second-order valence-electron chi connectivity index (χ2n) is 11.2. The molecule has 2 nitrogen and oxygen atoms in total. The van der Waals surface area contributed by atoms with E-state index in [0.717, 1.165) is 32.9 Å². The molecular formula is C40H22O2S. The number of benzene rings is 7. The summed E-state index contributed by atoms with van der Waals surface area (Å²) in [4.78, 5) is 0. The zero-order valence-corrected chi connectivity index (χ0v) is 23.7. The summed E-state index contributed by atoms with van der Waals surface area (Å²) in [5.74, 6) is 0. The van der Waals surface area contributed by atoms with Crippen molar-refractivity contribution in [2.45, 2.75) is 0 Å². The van der Waals surface area contributed by atoms with Crippen LogP contribution in [0.1, 0.15) is 0 Å². The molecule has 7 aromatic carbocycles. The van der Waals surface area contributed by atoms with Gasteiger partial charge in [-0.1, -0.05) is 91.0 Å². The SMILES string of the molecule is c1ccc2c(c1)sc1cccc(-c3c4ccccc4c(-c4ccc5oc6c(ccc7ccoc76)c5c4)c4ccccc34)c12. The number of hydrogen-bond acceptors (Lipinski definition) is 3. The number of rotatable bonds is 2. The third kappa shape index (κ3) is 3.17. The molecule has 0 aliphatic rings. The summed E-state index contributed by atoms with van der Waals surface area (Å²) < 4.78 is 14.8. The summed E-state index contributed by atoms with van der Waals surface area (Å²) in [7, 11) is 0. The quantitative estimate of drug-likeness (QED) is 0.195. The van der Waals surface area contributed by atoms with Crippen LogP contribution in [0, 0.1) is 0 Å². The van der Waals surface area contributed by atoms with Crippen molar-refractivity contribution in [2.24, 2.45) is 0 Å². The lowest BCUT2D eigenvalue weighted by Gasteiger charge is -2.18. The second-order valence-corrected chi connectivity index (χ2v) is 12.3. The van der Waals surface area contributed by atoms with Crippen LogP contribution in [0.5, 0.6) is 0 Å². The number of thiophene rings is 1. The molecule has 10 aromatic rings. The zero-order valence-electron chi connectivity index (χ0n) is 22.9. The predicted octanol–water partition coefficient (Wildman–Crippen LogP) is 12.3. The molecule has 0 bridgehead atoms. The smallest absolute Gasteiger partial charge is 0.178 e. The van der Waals surface area contributed by atoms with Crippen molar-refractivity contribution in [1.29, 1.82) is 0 Å². The molecule has 0 unspecified atom stereocenters. The highest BCUT2D eigenvalue weighted by atomic mass is 32.1. The largest absolute Gasteiger partial charge is 0.460 e. The first kappa shape index (κ1) is 23.2. The Bertz CT molecular complexity index is 2680. The Labute approximate surface area is 250 Å². The van der Waals surface area contributed by atoms with Crippen LogP contribution in [0.3, 0.4) is 0 Å². The minimum atomic E-state index is 0.797. The highest BCUT2D eigenvalue weighted by Crippen LogP contribution is 2.48. The van der Waals surface area contributed by atoms with Gasteiger partial charge in [0.25, 0.3) is 0 Å². The molecule has 0 spiro atoms. The molecule has 0 fully saturated rings. The van der Waals surface area contributed by atoms with Gasteiger partial charge in [0.2, 0.25) is 0 Å². The van der Waals surface area contributed by atoms with Gasteiger partial charge in [-0.3, -0.25) is 0 Å². The minimum absolute atomic E-state index is 0.797. The maximum Gasteiger partial charge on any atom is 0.178 e.